The molecule has 1 fully saturated rings. The Morgan fingerprint density at radius 2 is 2.00 bits per heavy atom. The molecule has 15 heavy (non-hydrogen) atoms. The van der Waals surface area contributed by atoms with Crippen molar-refractivity contribution in [2.45, 2.75) is 38.7 Å². The fourth-order valence-electron chi connectivity index (χ4n) is 1.91. The predicted octanol–water partition coefficient (Wildman–Crippen LogP) is 3.15. The smallest absolute Gasteiger partial charge is 0.125 e. The molecular formula is C13H18O2. The Morgan fingerprint density at radius 3 is 2.47 bits per heavy atom. The van der Waals surface area contributed by atoms with Gasteiger partial charge in [-0.25, -0.2) is 0 Å². The first-order valence-electron chi connectivity index (χ1n) is 5.44. The van der Waals surface area contributed by atoms with Crippen molar-refractivity contribution >= 4 is 0 Å². The highest BCUT2D eigenvalue weighted by Gasteiger charge is 2.27. The van der Waals surface area contributed by atoms with Gasteiger partial charge < -0.3 is 9.84 Å². The van der Waals surface area contributed by atoms with E-state index < -0.39 is 0 Å². The standard InChI is InChI=1S/C13H18O2/c1-13(2,3)10-6-4-5-9(12(10)14)11-7-8-15-11/h4-6,11,14H,7-8H2,1-3H3. The maximum absolute atomic E-state index is 10.2. The largest absolute Gasteiger partial charge is 0.507 e. The van der Waals surface area contributed by atoms with Gasteiger partial charge in [-0.15, -0.1) is 0 Å². The van der Waals surface area contributed by atoms with Crippen LogP contribution in [0, 0.1) is 0 Å². The molecule has 2 rings (SSSR count). The zero-order chi connectivity index (χ0) is 11.1. The highest BCUT2D eigenvalue weighted by Crippen LogP contribution is 2.40. The van der Waals surface area contributed by atoms with E-state index in [0.717, 1.165) is 24.2 Å². The quantitative estimate of drug-likeness (QED) is 0.764. The average molecular weight is 206 g/mol. The molecule has 1 unspecified atom stereocenters. The summed E-state index contributed by atoms with van der Waals surface area (Å²) in [5.41, 5.74) is 1.91. The topological polar surface area (TPSA) is 29.5 Å². The van der Waals surface area contributed by atoms with Crippen LogP contribution in [0.25, 0.3) is 0 Å². The van der Waals surface area contributed by atoms with Crippen LogP contribution in [0.3, 0.4) is 0 Å². The molecule has 0 radical (unpaired) electrons. The molecule has 2 heteroatoms. The monoisotopic (exact) mass is 206 g/mol. The van der Waals surface area contributed by atoms with Gasteiger partial charge in [0.25, 0.3) is 0 Å². The first-order valence-corrected chi connectivity index (χ1v) is 5.44. The van der Waals surface area contributed by atoms with Crippen molar-refractivity contribution in [3.05, 3.63) is 29.3 Å². The molecule has 0 aliphatic carbocycles. The van der Waals surface area contributed by atoms with E-state index in [-0.39, 0.29) is 11.5 Å². The Balaban J connectivity index is 2.41. The molecule has 0 amide bonds. The molecule has 0 saturated carbocycles. The van der Waals surface area contributed by atoms with Crippen LogP contribution in [0.1, 0.15) is 44.4 Å². The minimum Gasteiger partial charge on any atom is -0.507 e. The first-order chi connectivity index (χ1) is 7.00. The minimum atomic E-state index is -0.0240. The average Bonchev–Trinajstić information content (AvgIpc) is 2.03. The number of phenols is 1. The summed E-state index contributed by atoms with van der Waals surface area (Å²) in [6.45, 7) is 7.12. The molecule has 2 nitrogen and oxygen atoms in total. The Bertz CT molecular complexity index is 359. The molecule has 1 saturated heterocycles. The van der Waals surface area contributed by atoms with Gasteiger partial charge in [0.2, 0.25) is 0 Å². The van der Waals surface area contributed by atoms with Crippen LogP contribution in [0.4, 0.5) is 0 Å². The van der Waals surface area contributed by atoms with Gasteiger partial charge in [0, 0.05) is 12.0 Å². The third-order valence-corrected chi connectivity index (χ3v) is 2.92. The molecular weight excluding hydrogens is 188 g/mol. The Kier molecular flexibility index (Phi) is 2.47. The summed E-state index contributed by atoms with van der Waals surface area (Å²) in [4.78, 5) is 0. The van der Waals surface area contributed by atoms with Gasteiger partial charge in [0.1, 0.15) is 5.75 Å². The molecule has 82 valence electrons. The maximum Gasteiger partial charge on any atom is 0.125 e. The number of benzene rings is 1. The highest BCUT2D eigenvalue weighted by atomic mass is 16.5. The molecule has 1 heterocycles. The van der Waals surface area contributed by atoms with Gasteiger partial charge in [-0.2, -0.15) is 0 Å². The number of aromatic hydroxyl groups is 1. The van der Waals surface area contributed by atoms with E-state index in [4.69, 9.17) is 4.74 Å². The molecule has 1 aromatic carbocycles. The first kappa shape index (κ1) is 10.5. The zero-order valence-electron chi connectivity index (χ0n) is 9.58. The van der Waals surface area contributed by atoms with Crippen LogP contribution in [-0.4, -0.2) is 11.7 Å². The van der Waals surface area contributed by atoms with Crippen molar-refractivity contribution in [1.29, 1.82) is 0 Å². The second-order valence-corrected chi connectivity index (χ2v) is 5.14. The number of rotatable bonds is 1. The molecule has 0 spiro atoms. The molecule has 1 atom stereocenters. The summed E-state index contributed by atoms with van der Waals surface area (Å²) in [5.74, 6) is 0.412. The second kappa shape index (κ2) is 3.53. The van der Waals surface area contributed by atoms with Gasteiger partial charge in [-0.3, -0.25) is 0 Å². The van der Waals surface area contributed by atoms with Gasteiger partial charge in [-0.05, 0) is 11.0 Å². The zero-order valence-corrected chi connectivity index (χ0v) is 9.58. The summed E-state index contributed by atoms with van der Waals surface area (Å²) < 4.78 is 5.41. The van der Waals surface area contributed by atoms with Crippen LogP contribution < -0.4 is 0 Å². The van der Waals surface area contributed by atoms with Crippen LogP contribution in [0.2, 0.25) is 0 Å². The second-order valence-electron chi connectivity index (χ2n) is 5.14. The van der Waals surface area contributed by atoms with E-state index in [1.165, 1.54) is 0 Å². The van der Waals surface area contributed by atoms with Crippen molar-refractivity contribution in [2.24, 2.45) is 0 Å². The van der Waals surface area contributed by atoms with E-state index in [2.05, 4.69) is 20.8 Å². The van der Waals surface area contributed by atoms with Gasteiger partial charge in [-0.1, -0.05) is 39.0 Å². The van der Waals surface area contributed by atoms with Crippen molar-refractivity contribution in [1.82, 2.24) is 0 Å². The van der Waals surface area contributed by atoms with Gasteiger partial charge >= 0.3 is 0 Å². The number of hydrogen-bond acceptors (Lipinski definition) is 2. The van der Waals surface area contributed by atoms with Gasteiger partial charge in [0.05, 0.1) is 12.7 Å². The van der Waals surface area contributed by atoms with E-state index in [0.29, 0.717) is 5.75 Å². The molecule has 0 bridgehead atoms. The van der Waals surface area contributed by atoms with E-state index in [1.807, 2.05) is 18.2 Å². The number of ether oxygens (including phenoxy) is 1. The Hall–Kier alpha value is -1.02. The Labute approximate surface area is 90.9 Å². The lowest BCUT2D eigenvalue weighted by molar-refractivity contribution is -0.0538. The lowest BCUT2D eigenvalue weighted by atomic mass is 9.84. The predicted molar refractivity (Wildman–Crippen MR) is 60.1 cm³/mol. The fraction of sp³-hybridized carbons (Fsp3) is 0.538. The van der Waals surface area contributed by atoms with E-state index >= 15 is 0 Å². The summed E-state index contributed by atoms with van der Waals surface area (Å²) >= 11 is 0. The summed E-state index contributed by atoms with van der Waals surface area (Å²) in [6, 6.07) is 5.93. The SMILES string of the molecule is CC(C)(C)c1cccc(C2CCO2)c1O. The fourth-order valence-corrected chi connectivity index (χ4v) is 1.91. The molecule has 1 aliphatic heterocycles. The Morgan fingerprint density at radius 1 is 1.33 bits per heavy atom. The van der Waals surface area contributed by atoms with Crippen molar-refractivity contribution < 1.29 is 9.84 Å². The summed E-state index contributed by atoms with van der Waals surface area (Å²) in [7, 11) is 0. The van der Waals surface area contributed by atoms with Crippen LogP contribution >= 0.6 is 0 Å². The van der Waals surface area contributed by atoms with Crippen LogP contribution in [0.5, 0.6) is 5.75 Å². The van der Waals surface area contributed by atoms with Crippen LogP contribution in [-0.2, 0) is 10.2 Å². The van der Waals surface area contributed by atoms with E-state index in [9.17, 15) is 5.11 Å². The highest BCUT2D eigenvalue weighted by molar-refractivity contribution is 5.45. The maximum atomic E-state index is 10.2. The van der Waals surface area contributed by atoms with Crippen molar-refractivity contribution in [3.8, 4) is 5.75 Å². The van der Waals surface area contributed by atoms with Crippen molar-refractivity contribution in [2.75, 3.05) is 6.61 Å². The molecule has 1 aromatic rings. The lowest BCUT2D eigenvalue weighted by Crippen LogP contribution is -2.20. The molecule has 0 aromatic heterocycles. The minimum absolute atomic E-state index is 0.0240. The number of phenolic OH excluding ortho intramolecular Hbond substituents is 1. The number of hydrogen-bond donors (Lipinski definition) is 1. The summed E-state index contributed by atoms with van der Waals surface area (Å²) in [6.07, 6.45) is 1.12. The van der Waals surface area contributed by atoms with E-state index in [1.54, 1.807) is 0 Å². The molecule has 1 aliphatic rings. The van der Waals surface area contributed by atoms with Gasteiger partial charge in [0.15, 0.2) is 0 Å². The number of para-hydroxylation sites is 1. The third-order valence-electron chi connectivity index (χ3n) is 2.92. The van der Waals surface area contributed by atoms with Crippen molar-refractivity contribution in [3.63, 3.8) is 0 Å². The summed E-state index contributed by atoms with van der Waals surface area (Å²) in [5, 5.41) is 10.2. The van der Waals surface area contributed by atoms with Crippen LogP contribution in [0.15, 0.2) is 18.2 Å². The molecule has 1 N–H and O–H groups in total. The third kappa shape index (κ3) is 1.86. The normalized spacial score (nSPS) is 21.1. The lowest BCUT2D eigenvalue weighted by Gasteiger charge is -2.30.